The first kappa shape index (κ1) is 11.3. The lowest BCUT2D eigenvalue weighted by atomic mass is 10.2. The topological polar surface area (TPSA) is 41.8 Å². The number of para-hydroxylation sites is 1. The molecule has 0 aliphatic carbocycles. The van der Waals surface area contributed by atoms with Gasteiger partial charge in [0.15, 0.2) is 0 Å². The van der Waals surface area contributed by atoms with Crippen LogP contribution in [0, 0.1) is 6.92 Å². The molecule has 86 valence electrons. The molecule has 0 saturated heterocycles. The van der Waals surface area contributed by atoms with Crippen molar-refractivity contribution in [2.45, 2.75) is 6.92 Å². The summed E-state index contributed by atoms with van der Waals surface area (Å²) in [7, 11) is 0. The molecular formula is C15H16N2. The number of aromatic amines is 1. The molecule has 3 N–H and O–H groups in total. The maximum absolute atomic E-state index is 5.54. The van der Waals surface area contributed by atoms with Gasteiger partial charge in [0.25, 0.3) is 0 Å². The van der Waals surface area contributed by atoms with Crippen LogP contribution in [0.15, 0.2) is 60.7 Å². The van der Waals surface area contributed by atoms with E-state index in [1.807, 2.05) is 48.5 Å². The minimum absolute atomic E-state index is 0.723. The molecule has 1 aromatic heterocycles. The molecule has 0 aliphatic heterocycles. The summed E-state index contributed by atoms with van der Waals surface area (Å²) in [4.78, 5) is 3.04. The van der Waals surface area contributed by atoms with Crippen molar-refractivity contribution >= 4 is 16.7 Å². The van der Waals surface area contributed by atoms with E-state index in [2.05, 4.69) is 24.0 Å². The summed E-state index contributed by atoms with van der Waals surface area (Å²) in [5.74, 6) is 0.723. The average Bonchev–Trinajstić information content (AvgIpc) is 2.71. The van der Waals surface area contributed by atoms with Crippen LogP contribution in [0.1, 0.15) is 5.56 Å². The summed E-state index contributed by atoms with van der Waals surface area (Å²) < 4.78 is 0. The van der Waals surface area contributed by atoms with Crippen molar-refractivity contribution < 1.29 is 0 Å². The molecule has 0 amide bonds. The molecule has 17 heavy (non-hydrogen) atoms. The van der Waals surface area contributed by atoms with Gasteiger partial charge in [0.1, 0.15) is 5.82 Å². The Morgan fingerprint density at radius 2 is 1.53 bits per heavy atom. The molecule has 0 unspecified atom stereocenters. The molecule has 0 aliphatic rings. The van der Waals surface area contributed by atoms with Crippen LogP contribution in [0.25, 0.3) is 10.9 Å². The second kappa shape index (κ2) is 5.21. The third-order valence-corrected chi connectivity index (χ3v) is 2.49. The van der Waals surface area contributed by atoms with E-state index in [0.717, 1.165) is 11.3 Å². The minimum atomic E-state index is 0.723. The SMILES string of the molecule is Cc1ccccc1.Nc1cc2ccccc2[nH]1. The number of hydrogen-bond donors (Lipinski definition) is 2. The van der Waals surface area contributed by atoms with Crippen LogP contribution in [0.3, 0.4) is 0 Å². The highest BCUT2D eigenvalue weighted by Crippen LogP contribution is 2.14. The van der Waals surface area contributed by atoms with Crippen molar-refractivity contribution in [1.29, 1.82) is 0 Å². The lowest BCUT2D eigenvalue weighted by Crippen LogP contribution is -1.80. The Bertz CT molecular complexity index is 549. The standard InChI is InChI=1S/C8H8N2.C7H8/c9-8-5-6-3-1-2-4-7(6)10-8;1-7-5-3-2-4-6-7/h1-5,10H,9H2;2-6H,1H3. The fourth-order valence-corrected chi connectivity index (χ4v) is 1.63. The van der Waals surface area contributed by atoms with E-state index >= 15 is 0 Å². The lowest BCUT2D eigenvalue weighted by molar-refractivity contribution is 1.47. The molecule has 0 fully saturated rings. The summed E-state index contributed by atoms with van der Waals surface area (Å²) in [6, 6.07) is 20.2. The van der Waals surface area contributed by atoms with Crippen LogP contribution >= 0.6 is 0 Å². The highest BCUT2D eigenvalue weighted by atomic mass is 14.8. The molecule has 2 heteroatoms. The maximum atomic E-state index is 5.54. The number of fused-ring (bicyclic) bond motifs is 1. The number of nitrogens with two attached hydrogens (primary N) is 1. The first-order chi connectivity index (χ1) is 8.25. The number of aromatic nitrogens is 1. The Labute approximate surface area is 101 Å². The zero-order chi connectivity index (χ0) is 12.1. The Morgan fingerprint density at radius 3 is 2.12 bits per heavy atom. The maximum Gasteiger partial charge on any atom is 0.101 e. The average molecular weight is 224 g/mol. The molecule has 0 atom stereocenters. The summed E-state index contributed by atoms with van der Waals surface area (Å²) in [5.41, 5.74) is 7.95. The van der Waals surface area contributed by atoms with E-state index in [1.54, 1.807) is 0 Å². The minimum Gasteiger partial charge on any atom is -0.385 e. The van der Waals surface area contributed by atoms with Crippen LogP contribution in [0.4, 0.5) is 5.82 Å². The van der Waals surface area contributed by atoms with E-state index in [1.165, 1.54) is 10.9 Å². The third-order valence-electron chi connectivity index (χ3n) is 2.49. The molecule has 0 radical (unpaired) electrons. The molecule has 3 aromatic rings. The molecule has 2 aromatic carbocycles. The number of hydrogen-bond acceptors (Lipinski definition) is 1. The number of aryl methyl sites for hydroxylation is 1. The Kier molecular flexibility index (Phi) is 3.46. The van der Waals surface area contributed by atoms with Gasteiger partial charge < -0.3 is 10.7 Å². The van der Waals surface area contributed by atoms with Crippen LogP contribution < -0.4 is 5.73 Å². The normalized spacial score (nSPS) is 9.71. The summed E-state index contributed by atoms with van der Waals surface area (Å²) in [6.45, 7) is 2.08. The number of nitrogen functional groups attached to an aromatic ring is 1. The first-order valence-electron chi connectivity index (χ1n) is 5.60. The molecule has 1 heterocycles. The van der Waals surface area contributed by atoms with E-state index < -0.39 is 0 Å². The van der Waals surface area contributed by atoms with Gasteiger partial charge in [-0.3, -0.25) is 0 Å². The van der Waals surface area contributed by atoms with Crippen LogP contribution in [-0.2, 0) is 0 Å². The second-order valence-electron chi connectivity index (χ2n) is 3.97. The van der Waals surface area contributed by atoms with Gasteiger partial charge in [0, 0.05) is 10.9 Å². The van der Waals surface area contributed by atoms with Crippen molar-refractivity contribution in [3.63, 3.8) is 0 Å². The molecule has 0 spiro atoms. The fourth-order valence-electron chi connectivity index (χ4n) is 1.63. The van der Waals surface area contributed by atoms with E-state index in [9.17, 15) is 0 Å². The molecular weight excluding hydrogens is 208 g/mol. The van der Waals surface area contributed by atoms with Crippen molar-refractivity contribution in [3.05, 3.63) is 66.2 Å². The van der Waals surface area contributed by atoms with Gasteiger partial charge in [0.2, 0.25) is 0 Å². The van der Waals surface area contributed by atoms with Crippen molar-refractivity contribution in [2.75, 3.05) is 5.73 Å². The number of benzene rings is 2. The fraction of sp³-hybridized carbons (Fsp3) is 0.0667. The van der Waals surface area contributed by atoms with Crippen molar-refractivity contribution in [1.82, 2.24) is 4.98 Å². The zero-order valence-corrected chi connectivity index (χ0v) is 9.85. The summed E-state index contributed by atoms with van der Waals surface area (Å²) >= 11 is 0. The van der Waals surface area contributed by atoms with Crippen LogP contribution in [0.5, 0.6) is 0 Å². The predicted octanol–water partition coefficient (Wildman–Crippen LogP) is 3.75. The van der Waals surface area contributed by atoms with Gasteiger partial charge in [-0.15, -0.1) is 0 Å². The molecule has 3 rings (SSSR count). The predicted molar refractivity (Wildman–Crippen MR) is 73.9 cm³/mol. The van der Waals surface area contributed by atoms with Gasteiger partial charge in [-0.1, -0.05) is 54.1 Å². The van der Waals surface area contributed by atoms with Crippen LogP contribution in [-0.4, -0.2) is 4.98 Å². The van der Waals surface area contributed by atoms with Crippen molar-refractivity contribution in [2.24, 2.45) is 0 Å². The zero-order valence-electron chi connectivity index (χ0n) is 9.85. The van der Waals surface area contributed by atoms with Crippen LogP contribution in [0.2, 0.25) is 0 Å². The Hall–Kier alpha value is -2.22. The van der Waals surface area contributed by atoms with Gasteiger partial charge in [-0.05, 0) is 19.1 Å². The lowest BCUT2D eigenvalue weighted by Gasteiger charge is -1.83. The quantitative estimate of drug-likeness (QED) is 0.600. The van der Waals surface area contributed by atoms with E-state index in [0.29, 0.717) is 0 Å². The monoisotopic (exact) mass is 224 g/mol. The Balaban J connectivity index is 0.000000136. The Morgan fingerprint density at radius 1 is 0.882 bits per heavy atom. The first-order valence-corrected chi connectivity index (χ1v) is 5.60. The number of H-pyrrole nitrogens is 1. The molecule has 0 saturated carbocycles. The molecule has 2 nitrogen and oxygen atoms in total. The number of anilines is 1. The highest BCUT2D eigenvalue weighted by Gasteiger charge is 1.92. The van der Waals surface area contributed by atoms with Crippen molar-refractivity contribution in [3.8, 4) is 0 Å². The van der Waals surface area contributed by atoms with Gasteiger partial charge in [-0.2, -0.15) is 0 Å². The van der Waals surface area contributed by atoms with Gasteiger partial charge >= 0.3 is 0 Å². The second-order valence-corrected chi connectivity index (χ2v) is 3.97. The smallest absolute Gasteiger partial charge is 0.101 e. The summed E-state index contributed by atoms with van der Waals surface area (Å²) in [5, 5.41) is 1.17. The molecule has 0 bridgehead atoms. The van der Waals surface area contributed by atoms with Gasteiger partial charge in [-0.25, -0.2) is 0 Å². The third kappa shape index (κ3) is 3.11. The largest absolute Gasteiger partial charge is 0.385 e. The van der Waals surface area contributed by atoms with Gasteiger partial charge in [0.05, 0.1) is 0 Å². The highest BCUT2D eigenvalue weighted by molar-refractivity contribution is 5.82. The number of nitrogens with one attached hydrogen (secondary N) is 1. The van der Waals surface area contributed by atoms with E-state index in [4.69, 9.17) is 5.73 Å². The van der Waals surface area contributed by atoms with E-state index in [-0.39, 0.29) is 0 Å². The summed E-state index contributed by atoms with van der Waals surface area (Å²) in [6.07, 6.45) is 0. The number of rotatable bonds is 0.